The summed E-state index contributed by atoms with van der Waals surface area (Å²) in [6.45, 7) is 2.47. The fraction of sp³-hybridized carbons (Fsp3) is 0.533. The third-order valence-electron chi connectivity index (χ3n) is 4.05. The van der Waals surface area contributed by atoms with Crippen LogP contribution in [0.2, 0.25) is 0 Å². The first-order chi connectivity index (χ1) is 9.08. The molecule has 2 N–H and O–H groups in total. The van der Waals surface area contributed by atoms with Crippen molar-refractivity contribution >= 4 is 21.8 Å². The topological polar surface area (TPSA) is 49.3 Å². The van der Waals surface area contributed by atoms with Crippen molar-refractivity contribution in [3.63, 3.8) is 0 Å². The van der Waals surface area contributed by atoms with Gasteiger partial charge in [-0.05, 0) is 36.8 Å². The second kappa shape index (κ2) is 5.95. The summed E-state index contributed by atoms with van der Waals surface area (Å²) in [5.74, 6) is -0.104. The Morgan fingerprint density at radius 3 is 2.74 bits per heavy atom. The third kappa shape index (κ3) is 3.11. The first-order valence-corrected chi connectivity index (χ1v) is 7.83. The first kappa shape index (κ1) is 14.4. The summed E-state index contributed by atoms with van der Waals surface area (Å²) < 4.78 is 0. The summed E-state index contributed by atoms with van der Waals surface area (Å²) in [5.41, 5.74) is 1.28. The number of para-hydroxylation sites is 1. The molecule has 104 valence electrons. The minimum Gasteiger partial charge on any atom is -0.507 e. The molecule has 0 spiro atoms. The Kier molecular flexibility index (Phi) is 4.50. The Bertz CT molecular complexity index is 467. The highest BCUT2D eigenvalue weighted by molar-refractivity contribution is 9.09. The van der Waals surface area contributed by atoms with E-state index in [-0.39, 0.29) is 17.1 Å². The molecule has 1 amide bonds. The fourth-order valence-electron chi connectivity index (χ4n) is 2.69. The van der Waals surface area contributed by atoms with Gasteiger partial charge in [-0.2, -0.15) is 0 Å². The van der Waals surface area contributed by atoms with Gasteiger partial charge >= 0.3 is 0 Å². The number of aromatic hydroxyl groups is 1. The number of aryl methyl sites for hydroxylation is 1. The summed E-state index contributed by atoms with van der Waals surface area (Å²) in [7, 11) is 0. The molecule has 0 unspecified atom stereocenters. The number of amides is 1. The van der Waals surface area contributed by atoms with E-state index in [1.165, 1.54) is 12.8 Å². The molecule has 0 bridgehead atoms. The molecule has 1 aliphatic carbocycles. The Balaban J connectivity index is 2.03. The highest BCUT2D eigenvalue weighted by atomic mass is 79.9. The lowest BCUT2D eigenvalue weighted by Gasteiger charge is -2.26. The van der Waals surface area contributed by atoms with E-state index in [9.17, 15) is 9.90 Å². The Morgan fingerprint density at radius 1 is 1.42 bits per heavy atom. The van der Waals surface area contributed by atoms with E-state index in [0.29, 0.717) is 12.1 Å². The Labute approximate surface area is 122 Å². The van der Waals surface area contributed by atoms with E-state index >= 15 is 0 Å². The van der Waals surface area contributed by atoms with Gasteiger partial charge in [-0.15, -0.1) is 0 Å². The number of phenols is 1. The largest absolute Gasteiger partial charge is 0.507 e. The monoisotopic (exact) mass is 325 g/mol. The van der Waals surface area contributed by atoms with Gasteiger partial charge in [0.05, 0.1) is 5.56 Å². The van der Waals surface area contributed by atoms with E-state index in [1.807, 2.05) is 0 Å². The van der Waals surface area contributed by atoms with Crippen molar-refractivity contribution in [3.8, 4) is 5.75 Å². The maximum atomic E-state index is 12.1. The van der Waals surface area contributed by atoms with Crippen LogP contribution in [0.3, 0.4) is 0 Å². The van der Waals surface area contributed by atoms with E-state index in [4.69, 9.17) is 0 Å². The number of carbonyl (C=O) groups is 1. The van der Waals surface area contributed by atoms with Crippen LogP contribution in [0.4, 0.5) is 0 Å². The smallest absolute Gasteiger partial charge is 0.255 e. The minimum absolute atomic E-state index is 0.0827. The molecule has 1 saturated carbocycles. The SMILES string of the molecule is Cc1cccc(C(=O)NCC2(CBr)CCCC2)c1O. The molecule has 1 aliphatic rings. The van der Waals surface area contributed by atoms with Gasteiger partial charge in [0, 0.05) is 11.9 Å². The molecule has 2 rings (SSSR count). The van der Waals surface area contributed by atoms with Gasteiger partial charge in [-0.3, -0.25) is 4.79 Å². The maximum Gasteiger partial charge on any atom is 0.255 e. The quantitative estimate of drug-likeness (QED) is 0.834. The number of alkyl halides is 1. The van der Waals surface area contributed by atoms with Gasteiger partial charge in [-0.25, -0.2) is 0 Å². The number of hydrogen-bond acceptors (Lipinski definition) is 2. The minimum atomic E-state index is -0.187. The summed E-state index contributed by atoms with van der Waals surface area (Å²) in [5, 5.41) is 13.8. The molecule has 1 fully saturated rings. The lowest BCUT2D eigenvalue weighted by atomic mass is 9.88. The van der Waals surface area contributed by atoms with Gasteiger partial charge in [0.2, 0.25) is 0 Å². The van der Waals surface area contributed by atoms with Gasteiger partial charge < -0.3 is 10.4 Å². The van der Waals surface area contributed by atoms with Crippen LogP contribution < -0.4 is 5.32 Å². The third-order valence-corrected chi connectivity index (χ3v) is 5.24. The van der Waals surface area contributed by atoms with E-state index in [0.717, 1.165) is 23.7 Å². The van der Waals surface area contributed by atoms with Gasteiger partial charge in [0.15, 0.2) is 0 Å². The van der Waals surface area contributed by atoms with E-state index in [2.05, 4.69) is 21.2 Å². The van der Waals surface area contributed by atoms with Crippen molar-refractivity contribution in [2.24, 2.45) is 5.41 Å². The molecule has 0 atom stereocenters. The van der Waals surface area contributed by atoms with Crippen LogP contribution in [0.1, 0.15) is 41.6 Å². The van der Waals surface area contributed by atoms with E-state index < -0.39 is 0 Å². The number of rotatable bonds is 4. The Morgan fingerprint density at radius 2 is 2.11 bits per heavy atom. The van der Waals surface area contributed by atoms with Crippen LogP contribution in [-0.2, 0) is 0 Å². The van der Waals surface area contributed by atoms with Crippen molar-refractivity contribution in [2.75, 3.05) is 11.9 Å². The maximum absolute atomic E-state index is 12.1. The molecule has 0 radical (unpaired) electrons. The van der Waals surface area contributed by atoms with Crippen molar-refractivity contribution in [1.29, 1.82) is 0 Å². The fourth-order valence-corrected chi connectivity index (χ4v) is 3.45. The van der Waals surface area contributed by atoms with Crippen LogP contribution in [0.5, 0.6) is 5.75 Å². The lowest BCUT2D eigenvalue weighted by molar-refractivity contribution is 0.0932. The highest BCUT2D eigenvalue weighted by Gasteiger charge is 2.33. The van der Waals surface area contributed by atoms with Crippen molar-refractivity contribution in [1.82, 2.24) is 5.32 Å². The molecule has 4 heteroatoms. The second-order valence-electron chi connectivity index (χ2n) is 5.49. The average Bonchev–Trinajstić information content (AvgIpc) is 2.89. The van der Waals surface area contributed by atoms with Crippen LogP contribution in [0, 0.1) is 12.3 Å². The average molecular weight is 326 g/mol. The van der Waals surface area contributed by atoms with Gasteiger partial charge in [0.25, 0.3) is 5.91 Å². The highest BCUT2D eigenvalue weighted by Crippen LogP contribution is 2.39. The zero-order valence-electron chi connectivity index (χ0n) is 11.2. The molecule has 0 aliphatic heterocycles. The molecular formula is C15H20BrNO2. The Hall–Kier alpha value is -1.03. The predicted octanol–water partition coefficient (Wildman–Crippen LogP) is 3.39. The number of nitrogens with one attached hydrogen (secondary N) is 1. The number of hydrogen-bond donors (Lipinski definition) is 2. The zero-order valence-corrected chi connectivity index (χ0v) is 12.8. The van der Waals surface area contributed by atoms with Gasteiger partial charge in [-0.1, -0.05) is 40.9 Å². The number of benzene rings is 1. The van der Waals surface area contributed by atoms with Crippen molar-refractivity contribution in [2.45, 2.75) is 32.6 Å². The first-order valence-electron chi connectivity index (χ1n) is 6.71. The van der Waals surface area contributed by atoms with E-state index in [1.54, 1.807) is 25.1 Å². The molecule has 3 nitrogen and oxygen atoms in total. The zero-order chi connectivity index (χ0) is 13.9. The van der Waals surface area contributed by atoms with Crippen LogP contribution in [0.25, 0.3) is 0 Å². The standard InChI is InChI=1S/C15H20BrNO2/c1-11-5-4-6-12(13(11)18)14(19)17-10-15(9-16)7-2-3-8-15/h4-6,18H,2-3,7-10H2,1H3,(H,17,19). The van der Waals surface area contributed by atoms with Gasteiger partial charge in [0.1, 0.15) is 5.75 Å². The summed E-state index contributed by atoms with van der Waals surface area (Å²) in [6.07, 6.45) is 4.77. The number of carbonyl (C=O) groups excluding carboxylic acids is 1. The molecule has 0 saturated heterocycles. The summed E-state index contributed by atoms with van der Waals surface area (Å²) in [6, 6.07) is 5.25. The molecule has 19 heavy (non-hydrogen) atoms. The number of phenolic OH excluding ortho intramolecular Hbond substituents is 1. The van der Waals surface area contributed by atoms with Crippen LogP contribution in [-0.4, -0.2) is 22.9 Å². The predicted molar refractivity (Wildman–Crippen MR) is 79.9 cm³/mol. The summed E-state index contributed by atoms with van der Waals surface area (Å²) in [4.78, 5) is 12.1. The van der Waals surface area contributed by atoms with Crippen LogP contribution >= 0.6 is 15.9 Å². The normalized spacial score (nSPS) is 17.4. The molecule has 1 aromatic rings. The molecule has 0 aromatic heterocycles. The van der Waals surface area contributed by atoms with Crippen LogP contribution in [0.15, 0.2) is 18.2 Å². The molecule has 0 heterocycles. The number of halogens is 1. The molecular weight excluding hydrogens is 306 g/mol. The second-order valence-corrected chi connectivity index (χ2v) is 6.06. The lowest BCUT2D eigenvalue weighted by Crippen LogP contribution is -2.37. The van der Waals surface area contributed by atoms with Crippen molar-refractivity contribution < 1.29 is 9.90 Å². The van der Waals surface area contributed by atoms with Crippen molar-refractivity contribution in [3.05, 3.63) is 29.3 Å². The summed E-state index contributed by atoms with van der Waals surface area (Å²) >= 11 is 3.57. The molecule has 1 aromatic carbocycles.